The minimum atomic E-state index is 0.823. The molecule has 0 N–H and O–H groups in total. The molecule has 4 aliphatic carbocycles. The smallest absolute Gasteiger partial charge is 0.0261 e. The fourth-order valence-corrected chi connectivity index (χ4v) is 8.03. The summed E-state index contributed by atoms with van der Waals surface area (Å²) < 4.78 is 0. The molecule has 0 aromatic heterocycles. The highest BCUT2D eigenvalue weighted by atomic mass is 31.0. The molecule has 0 saturated heterocycles. The van der Waals surface area contributed by atoms with Gasteiger partial charge in [-0.05, 0) is 112 Å². The van der Waals surface area contributed by atoms with Crippen molar-refractivity contribution in [2.45, 2.75) is 103 Å². The van der Waals surface area contributed by atoms with E-state index in [1.54, 1.807) is 77.0 Å². The second-order valence-corrected chi connectivity index (χ2v) is 10.5. The van der Waals surface area contributed by atoms with E-state index in [0.29, 0.717) is 0 Å². The van der Waals surface area contributed by atoms with Gasteiger partial charge in [0.25, 0.3) is 0 Å². The molecule has 1 heteroatoms. The van der Waals surface area contributed by atoms with Crippen molar-refractivity contribution in [3.63, 3.8) is 0 Å². The molecule has 0 radical (unpaired) electrons. The molecular weight excluding hydrogens is 295 g/mol. The minimum Gasteiger partial charge on any atom is -0.138 e. The van der Waals surface area contributed by atoms with Crippen LogP contribution >= 0.6 is 9.24 Å². The Kier molecular flexibility index (Phi) is 5.12. The van der Waals surface area contributed by atoms with E-state index in [4.69, 9.17) is 0 Å². The van der Waals surface area contributed by atoms with Crippen LogP contribution in [0, 0.1) is 28.6 Å². The highest BCUT2D eigenvalue weighted by Gasteiger charge is 2.59. The SMILES string of the molecule is PCCCCCCCC(C12CCC(CC1)C2)C12CCC(CC1)C2. The van der Waals surface area contributed by atoms with Crippen molar-refractivity contribution < 1.29 is 0 Å². The third kappa shape index (κ3) is 3.16. The first-order chi connectivity index (χ1) is 11.3. The number of unbranched alkanes of at least 4 members (excludes halogenated alkanes) is 4. The lowest BCUT2D eigenvalue weighted by Gasteiger charge is -2.47. The molecule has 4 saturated carbocycles. The van der Waals surface area contributed by atoms with E-state index in [0.717, 1.165) is 28.6 Å². The van der Waals surface area contributed by atoms with E-state index < -0.39 is 0 Å². The van der Waals surface area contributed by atoms with Crippen LogP contribution in [0.2, 0.25) is 0 Å². The van der Waals surface area contributed by atoms with Crippen molar-refractivity contribution >= 4 is 9.24 Å². The van der Waals surface area contributed by atoms with Crippen molar-refractivity contribution in [2.24, 2.45) is 28.6 Å². The standard InChI is InChI=1S/C22H39P/c23-15-5-3-1-2-4-6-20(21-11-7-18(16-21)8-12-21)22-13-9-19(17-22)10-14-22/h18-20H,1-17,23H2. The third-order valence-corrected chi connectivity index (χ3v) is 9.18. The molecule has 1 atom stereocenters. The maximum absolute atomic E-state index is 2.89. The molecule has 0 aromatic rings. The monoisotopic (exact) mass is 334 g/mol. The van der Waals surface area contributed by atoms with E-state index in [9.17, 15) is 0 Å². The van der Waals surface area contributed by atoms with Gasteiger partial charge in [-0.3, -0.25) is 0 Å². The van der Waals surface area contributed by atoms with E-state index in [1.165, 1.54) is 31.8 Å². The summed E-state index contributed by atoms with van der Waals surface area (Å²) >= 11 is 0. The molecule has 0 aromatic carbocycles. The molecular formula is C22H39P. The Morgan fingerprint density at radius 2 is 1.17 bits per heavy atom. The molecule has 1 unspecified atom stereocenters. The average Bonchev–Trinajstić information content (AvgIpc) is 3.34. The Hall–Kier alpha value is 0.430. The maximum Gasteiger partial charge on any atom is -0.0261 e. The van der Waals surface area contributed by atoms with E-state index in [1.807, 2.05) is 0 Å². The number of fused-ring (bicyclic) bond motifs is 4. The van der Waals surface area contributed by atoms with Crippen LogP contribution in [0.15, 0.2) is 0 Å². The molecule has 0 heterocycles. The first-order valence-electron chi connectivity index (χ1n) is 11.0. The summed E-state index contributed by atoms with van der Waals surface area (Å²) in [5.74, 6) is 3.39. The van der Waals surface area contributed by atoms with Crippen molar-refractivity contribution in [3.05, 3.63) is 0 Å². The van der Waals surface area contributed by atoms with Gasteiger partial charge in [0.2, 0.25) is 0 Å². The Morgan fingerprint density at radius 1 is 0.696 bits per heavy atom. The van der Waals surface area contributed by atoms with Crippen LogP contribution < -0.4 is 0 Å². The second kappa shape index (κ2) is 6.97. The van der Waals surface area contributed by atoms with Gasteiger partial charge in [-0.15, -0.1) is 9.24 Å². The van der Waals surface area contributed by atoms with Gasteiger partial charge in [-0.2, -0.15) is 0 Å². The first kappa shape index (κ1) is 16.9. The van der Waals surface area contributed by atoms with Crippen LogP contribution in [0.3, 0.4) is 0 Å². The zero-order valence-corrected chi connectivity index (χ0v) is 16.5. The van der Waals surface area contributed by atoms with Gasteiger partial charge in [0.05, 0.1) is 0 Å². The van der Waals surface area contributed by atoms with Crippen LogP contribution in [-0.4, -0.2) is 6.16 Å². The number of hydrogen-bond acceptors (Lipinski definition) is 0. The van der Waals surface area contributed by atoms with Crippen LogP contribution in [0.4, 0.5) is 0 Å². The molecule has 4 bridgehead atoms. The lowest BCUT2D eigenvalue weighted by atomic mass is 9.57. The maximum atomic E-state index is 2.89. The van der Waals surface area contributed by atoms with Gasteiger partial charge in [-0.1, -0.05) is 25.7 Å². The van der Waals surface area contributed by atoms with Crippen molar-refractivity contribution in [2.75, 3.05) is 6.16 Å². The van der Waals surface area contributed by atoms with Crippen LogP contribution in [0.25, 0.3) is 0 Å². The second-order valence-electron chi connectivity index (χ2n) is 9.92. The Labute approximate surface area is 147 Å². The molecule has 4 aliphatic rings. The predicted molar refractivity (Wildman–Crippen MR) is 104 cm³/mol. The summed E-state index contributed by atoms with van der Waals surface area (Å²) in [6.45, 7) is 0. The lowest BCUT2D eigenvalue weighted by Crippen LogP contribution is -2.39. The van der Waals surface area contributed by atoms with Gasteiger partial charge < -0.3 is 0 Å². The highest BCUT2D eigenvalue weighted by Crippen LogP contribution is 2.69. The summed E-state index contributed by atoms with van der Waals surface area (Å²) in [5, 5.41) is 0. The van der Waals surface area contributed by atoms with Gasteiger partial charge in [0.1, 0.15) is 0 Å². The summed E-state index contributed by atoms with van der Waals surface area (Å²) in [5.41, 5.74) is 1.65. The van der Waals surface area contributed by atoms with Gasteiger partial charge >= 0.3 is 0 Å². The summed E-state index contributed by atoms with van der Waals surface area (Å²) in [6, 6.07) is 0. The molecule has 0 amide bonds. The molecule has 0 nitrogen and oxygen atoms in total. The lowest BCUT2D eigenvalue weighted by molar-refractivity contribution is 0.0215. The van der Waals surface area contributed by atoms with Gasteiger partial charge in [-0.25, -0.2) is 0 Å². The van der Waals surface area contributed by atoms with Gasteiger partial charge in [0.15, 0.2) is 0 Å². The number of hydrogen-bond donors (Lipinski definition) is 0. The third-order valence-electron chi connectivity index (χ3n) is 8.77. The Balaban J connectivity index is 1.40. The zero-order chi connectivity index (χ0) is 15.8. The molecule has 23 heavy (non-hydrogen) atoms. The normalized spacial score (nSPS) is 42.7. The zero-order valence-electron chi connectivity index (χ0n) is 15.3. The topological polar surface area (TPSA) is 0 Å². The molecule has 4 rings (SSSR count). The fraction of sp³-hybridized carbons (Fsp3) is 1.00. The Morgan fingerprint density at radius 3 is 1.61 bits per heavy atom. The fourth-order valence-electron chi connectivity index (χ4n) is 7.74. The Bertz CT molecular complexity index is 355. The van der Waals surface area contributed by atoms with Gasteiger partial charge in [0, 0.05) is 0 Å². The van der Waals surface area contributed by atoms with Crippen LogP contribution in [0.5, 0.6) is 0 Å². The molecule has 0 aliphatic heterocycles. The van der Waals surface area contributed by atoms with E-state index >= 15 is 0 Å². The van der Waals surface area contributed by atoms with E-state index in [2.05, 4.69) is 9.24 Å². The first-order valence-corrected chi connectivity index (χ1v) is 11.8. The molecule has 132 valence electrons. The minimum absolute atomic E-state index is 0.823. The van der Waals surface area contributed by atoms with Crippen molar-refractivity contribution in [1.29, 1.82) is 0 Å². The average molecular weight is 335 g/mol. The quantitative estimate of drug-likeness (QED) is 0.315. The molecule has 0 spiro atoms. The predicted octanol–water partition coefficient (Wildman–Crippen LogP) is 6.98. The summed E-state index contributed by atoms with van der Waals surface area (Å²) in [4.78, 5) is 0. The largest absolute Gasteiger partial charge is 0.138 e. The van der Waals surface area contributed by atoms with Crippen LogP contribution in [0.1, 0.15) is 103 Å². The van der Waals surface area contributed by atoms with Crippen LogP contribution in [-0.2, 0) is 0 Å². The summed E-state index contributed by atoms with van der Waals surface area (Å²) in [6.07, 6.45) is 26.4. The number of rotatable bonds is 9. The highest BCUT2D eigenvalue weighted by molar-refractivity contribution is 7.16. The van der Waals surface area contributed by atoms with Crippen molar-refractivity contribution in [3.8, 4) is 0 Å². The van der Waals surface area contributed by atoms with E-state index in [-0.39, 0.29) is 0 Å². The summed E-state index contributed by atoms with van der Waals surface area (Å²) in [7, 11) is 2.89. The van der Waals surface area contributed by atoms with Crippen molar-refractivity contribution in [1.82, 2.24) is 0 Å². The molecule has 4 fully saturated rings.